The molecule has 3 N–H and O–H groups in total. The summed E-state index contributed by atoms with van der Waals surface area (Å²) in [4.78, 5) is 14.9. The van der Waals surface area contributed by atoms with E-state index in [9.17, 15) is 4.79 Å². The SMILES string of the molecule is CCN(CC)Cc1cccc(CNC(=O)C(CC)(CC)CN)c1.Cl.Cl. The van der Waals surface area contributed by atoms with Crippen LogP contribution in [0.3, 0.4) is 0 Å². The number of hydrogen-bond donors (Lipinski definition) is 2. The van der Waals surface area contributed by atoms with Gasteiger partial charge < -0.3 is 11.1 Å². The van der Waals surface area contributed by atoms with Gasteiger partial charge in [-0.05, 0) is 37.1 Å². The first kappa shape index (κ1) is 26.4. The van der Waals surface area contributed by atoms with Crippen molar-refractivity contribution >= 4 is 30.7 Å². The molecule has 1 amide bonds. The van der Waals surface area contributed by atoms with E-state index in [1.165, 1.54) is 5.56 Å². The minimum atomic E-state index is -0.432. The Kier molecular flexibility index (Phi) is 14.2. The van der Waals surface area contributed by atoms with Gasteiger partial charge in [0.2, 0.25) is 5.91 Å². The summed E-state index contributed by atoms with van der Waals surface area (Å²) < 4.78 is 0. The summed E-state index contributed by atoms with van der Waals surface area (Å²) in [6, 6.07) is 8.46. The number of halogens is 2. The van der Waals surface area contributed by atoms with Gasteiger partial charge in [0.05, 0.1) is 5.41 Å². The molecule has 0 aliphatic carbocycles. The monoisotopic (exact) mass is 391 g/mol. The first-order chi connectivity index (χ1) is 11.0. The van der Waals surface area contributed by atoms with E-state index in [-0.39, 0.29) is 30.7 Å². The lowest BCUT2D eigenvalue weighted by molar-refractivity contribution is -0.131. The molecule has 146 valence electrons. The highest BCUT2D eigenvalue weighted by molar-refractivity contribution is 5.85. The largest absolute Gasteiger partial charge is 0.352 e. The highest BCUT2D eigenvalue weighted by atomic mass is 35.5. The summed E-state index contributed by atoms with van der Waals surface area (Å²) in [5, 5.41) is 3.07. The molecule has 0 spiro atoms. The smallest absolute Gasteiger partial charge is 0.227 e. The van der Waals surface area contributed by atoms with Crippen LogP contribution in [0.5, 0.6) is 0 Å². The average molecular weight is 392 g/mol. The first-order valence-corrected chi connectivity index (χ1v) is 8.83. The van der Waals surface area contributed by atoms with Gasteiger partial charge >= 0.3 is 0 Å². The number of nitrogens with two attached hydrogens (primary N) is 1. The topological polar surface area (TPSA) is 58.4 Å². The third-order valence-corrected chi connectivity index (χ3v) is 4.97. The van der Waals surface area contributed by atoms with Crippen molar-refractivity contribution in [3.63, 3.8) is 0 Å². The zero-order valence-electron chi connectivity index (χ0n) is 16.0. The van der Waals surface area contributed by atoms with Crippen molar-refractivity contribution in [1.29, 1.82) is 0 Å². The quantitative estimate of drug-likeness (QED) is 0.638. The van der Waals surface area contributed by atoms with Crippen LogP contribution in [-0.2, 0) is 17.9 Å². The van der Waals surface area contributed by atoms with Gasteiger partial charge in [-0.3, -0.25) is 9.69 Å². The van der Waals surface area contributed by atoms with E-state index in [0.29, 0.717) is 13.1 Å². The van der Waals surface area contributed by atoms with Crippen LogP contribution in [0, 0.1) is 5.41 Å². The fraction of sp³-hybridized carbons (Fsp3) is 0.632. The molecule has 1 rings (SSSR count). The van der Waals surface area contributed by atoms with Gasteiger partial charge in [-0.15, -0.1) is 24.8 Å². The molecule has 0 radical (unpaired) electrons. The van der Waals surface area contributed by atoms with Crippen molar-refractivity contribution in [3.8, 4) is 0 Å². The average Bonchev–Trinajstić information content (AvgIpc) is 2.60. The molecule has 0 fully saturated rings. The van der Waals surface area contributed by atoms with Gasteiger partial charge in [-0.1, -0.05) is 52.0 Å². The number of nitrogens with one attached hydrogen (secondary N) is 1. The van der Waals surface area contributed by atoms with Crippen molar-refractivity contribution in [2.75, 3.05) is 19.6 Å². The number of carbonyl (C=O) groups excluding carboxylic acids is 1. The number of rotatable bonds is 10. The molecule has 0 atom stereocenters. The molecule has 0 saturated carbocycles. The van der Waals surface area contributed by atoms with Crippen molar-refractivity contribution in [2.24, 2.45) is 11.1 Å². The van der Waals surface area contributed by atoms with E-state index in [0.717, 1.165) is 38.0 Å². The second kappa shape index (κ2) is 13.4. The van der Waals surface area contributed by atoms with E-state index >= 15 is 0 Å². The van der Waals surface area contributed by atoms with E-state index < -0.39 is 5.41 Å². The van der Waals surface area contributed by atoms with Crippen LogP contribution in [0.4, 0.5) is 0 Å². The molecule has 0 aliphatic rings. The molecule has 1 aromatic carbocycles. The molecule has 6 heteroatoms. The lowest BCUT2D eigenvalue weighted by Crippen LogP contribution is -2.45. The normalized spacial score (nSPS) is 10.8. The highest BCUT2D eigenvalue weighted by Gasteiger charge is 2.32. The number of amides is 1. The maximum absolute atomic E-state index is 12.5. The molecular formula is C19H35Cl2N3O. The second-order valence-electron chi connectivity index (χ2n) is 6.16. The Balaban J connectivity index is 0. The van der Waals surface area contributed by atoms with E-state index in [2.05, 4.69) is 48.3 Å². The number of carbonyl (C=O) groups is 1. The summed E-state index contributed by atoms with van der Waals surface area (Å²) in [5.41, 5.74) is 7.84. The molecule has 4 nitrogen and oxygen atoms in total. The third kappa shape index (κ3) is 7.53. The van der Waals surface area contributed by atoms with Gasteiger partial charge in [-0.25, -0.2) is 0 Å². The first-order valence-electron chi connectivity index (χ1n) is 8.83. The minimum absolute atomic E-state index is 0. The Morgan fingerprint density at radius 3 is 2.12 bits per heavy atom. The fourth-order valence-corrected chi connectivity index (χ4v) is 2.87. The zero-order valence-corrected chi connectivity index (χ0v) is 17.6. The summed E-state index contributed by atoms with van der Waals surface area (Å²) in [6.45, 7) is 12.4. The van der Waals surface area contributed by atoms with Gasteiger partial charge in [-0.2, -0.15) is 0 Å². The maximum Gasteiger partial charge on any atom is 0.227 e. The predicted molar refractivity (Wildman–Crippen MR) is 111 cm³/mol. The van der Waals surface area contributed by atoms with E-state index in [4.69, 9.17) is 5.73 Å². The molecular weight excluding hydrogens is 357 g/mol. The second-order valence-corrected chi connectivity index (χ2v) is 6.16. The van der Waals surface area contributed by atoms with Crippen molar-refractivity contribution in [1.82, 2.24) is 10.2 Å². The molecule has 0 aliphatic heterocycles. The van der Waals surface area contributed by atoms with Crippen LogP contribution in [0.2, 0.25) is 0 Å². The maximum atomic E-state index is 12.5. The zero-order chi connectivity index (χ0) is 17.3. The minimum Gasteiger partial charge on any atom is -0.352 e. The van der Waals surface area contributed by atoms with Crippen molar-refractivity contribution in [2.45, 2.75) is 53.6 Å². The molecule has 0 aromatic heterocycles. The van der Waals surface area contributed by atoms with Crippen molar-refractivity contribution in [3.05, 3.63) is 35.4 Å². The van der Waals surface area contributed by atoms with Crippen LogP contribution in [0.15, 0.2) is 24.3 Å². The Hall–Kier alpha value is -0.810. The standard InChI is InChI=1S/C19H33N3O.2ClH/c1-5-19(6-2,15-20)18(23)21-13-16-10-9-11-17(12-16)14-22(7-3)8-4;;/h9-12H,5-8,13-15,20H2,1-4H3,(H,21,23);2*1H. The number of nitrogens with zero attached hydrogens (tertiary/aromatic N) is 1. The van der Waals surface area contributed by atoms with Crippen LogP contribution in [-0.4, -0.2) is 30.4 Å². The van der Waals surface area contributed by atoms with E-state index in [1.54, 1.807) is 0 Å². The lowest BCUT2D eigenvalue weighted by atomic mass is 9.81. The van der Waals surface area contributed by atoms with Crippen LogP contribution >= 0.6 is 24.8 Å². The lowest BCUT2D eigenvalue weighted by Gasteiger charge is -2.28. The summed E-state index contributed by atoms with van der Waals surface area (Å²) in [7, 11) is 0. The van der Waals surface area contributed by atoms with Gasteiger partial charge in [0.15, 0.2) is 0 Å². The summed E-state index contributed by atoms with van der Waals surface area (Å²) >= 11 is 0. The molecule has 0 unspecified atom stereocenters. The fourth-order valence-electron chi connectivity index (χ4n) is 2.87. The van der Waals surface area contributed by atoms with Crippen LogP contribution in [0.1, 0.15) is 51.7 Å². The molecule has 0 saturated heterocycles. The Morgan fingerprint density at radius 1 is 1.08 bits per heavy atom. The molecule has 0 heterocycles. The Morgan fingerprint density at radius 2 is 1.64 bits per heavy atom. The highest BCUT2D eigenvalue weighted by Crippen LogP contribution is 2.25. The number of benzene rings is 1. The molecule has 25 heavy (non-hydrogen) atoms. The van der Waals surface area contributed by atoms with Gasteiger partial charge in [0.1, 0.15) is 0 Å². The van der Waals surface area contributed by atoms with Gasteiger partial charge in [0, 0.05) is 19.6 Å². The van der Waals surface area contributed by atoms with Crippen LogP contribution in [0.25, 0.3) is 0 Å². The summed E-state index contributed by atoms with van der Waals surface area (Å²) in [5.74, 6) is 0.0687. The Bertz CT molecular complexity index is 481. The van der Waals surface area contributed by atoms with E-state index in [1.807, 2.05) is 13.8 Å². The number of hydrogen-bond acceptors (Lipinski definition) is 3. The Labute approximate surface area is 165 Å². The summed E-state index contributed by atoms with van der Waals surface area (Å²) in [6.07, 6.45) is 1.54. The predicted octanol–water partition coefficient (Wildman–Crippen LogP) is 3.75. The molecule has 0 bridgehead atoms. The van der Waals surface area contributed by atoms with Crippen LogP contribution < -0.4 is 11.1 Å². The third-order valence-electron chi connectivity index (χ3n) is 4.97. The van der Waals surface area contributed by atoms with Gasteiger partial charge in [0.25, 0.3) is 0 Å². The van der Waals surface area contributed by atoms with Crippen molar-refractivity contribution < 1.29 is 4.79 Å². The molecule has 1 aromatic rings.